The Bertz CT molecular complexity index is 822. The van der Waals surface area contributed by atoms with Crippen molar-refractivity contribution in [2.75, 3.05) is 37.4 Å². The van der Waals surface area contributed by atoms with Crippen LogP contribution in [0.3, 0.4) is 0 Å². The molecule has 0 fully saturated rings. The van der Waals surface area contributed by atoms with Crippen molar-refractivity contribution in [1.29, 1.82) is 0 Å². The molecule has 0 saturated carbocycles. The molecule has 0 saturated heterocycles. The number of nitrogens with zero attached hydrogens (tertiary/aromatic N) is 1. The number of ether oxygens (including phenoxy) is 1. The lowest BCUT2D eigenvalue weighted by atomic mass is 10.2. The molecule has 2 aromatic carbocycles. The van der Waals surface area contributed by atoms with Gasteiger partial charge in [0.05, 0.1) is 25.3 Å². The highest BCUT2D eigenvalue weighted by molar-refractivity contribution is 6.30. The fraction of sp³-hybridized carbons (Fsp3) is 0.250. The van der Waals surface area contributed by atoms with Crippen molar-refractivity contribution in [2.45, 2.75) is 6.92 Å². The highest BCUT2D eigenvalue weighted by Gasteiger charge is 2.12. The van der Waals surface area contributed by atoms with Crippen LogP contribution in [0.15, 0.2) is 48.5 Å². The normalized spacial score (nSPS) is 10.4. The number of rotatable bonds is 8. The van der Waals surface area contributed by atoms with E-state index >= 15 is 0 Å². The molecule has 0 heterocycles. The number of hydrogen-bond acceptors (Lipinski definition) is 5. The molecule has 0 aliphatic rings. The van der Waals surface area contributed by atoms with Gasteiger partial charge in [-0.3, -0.25) is 14.5 Å². The second-order valence-electron chi connectivity index (χ2n) is 6.07. The van der Waals surface area contributed by atoms with Gasteiger partial charge in [0.2, 0.25) is 11.8 Å². The van der Waals surface area contributed by atoms with Crippen LogP contribution < -0.4 is 10.6 Å². The fourth-order valence-electron chi connectivity index (χ4n) is 2.38. The van der Waals surface area contributed by atoms with Crippen LogP contribution in [0, 0.1) is 0 Å². The standard InChI is InChI=1S/C20H22ClN3O4/c1-3-28-20(27)14-4-8-16(9-5-14)22-18(25)12-24(2)13-19(26)23-17-10-6-15(21)7-11-17/h4-11H,3,12-13H2,1-2H3,(H,22,25)(H,23,26). The van der Waals surface area contributed by atoms with E-state index in [0.29, 0.717) is 28.6 Å². The van der Waals surface area contributed by atoms with E-state index in [9.17, 15) is 14.4 Å². The average Bonchev–Trinajstić information content (AvgIpc) is 2.64. The molecule has 7 nitrogen and oxygen atoms in total. The van der Waals surface area contributed by atoms with E-state index in [1.807, 2.05) is 0 Å². The van der Waals surface area contributed by atoms with Crippen LogP contribution in [-0.4, -0.2) is 49.4 Å². The summed E-state index contributed by atoms with van der Waals surface area (Å²) in [7, 11) is 1.67. The van der Waals surface area contributed by atoms with Gasteiger partial charge in [-0.25, -0.2) is 4.79 Å². The monoisotopic (exact) mass is 403 g/mol. The Labute approximate surface area is 168 Å². The van der Waals surface area contributed by atoms with Gasteiger partial charge >= 0.3 is 5.97 Å². The van der Waals surface area contributed by atoms with Crippen molar-refractivity contribution < 1.29 is 19.1 Å². The topological polar surface area (TPSA) is 87.7 Å². The highest BCUT2D eigenvalue weighted by atomic mass is 35.5. The van der Waals surface area contributed by atoms with Crippen molar-refractivity contribution in [2.24, 2.45) is 0 Å². The molecule has 8 heteroatoms. The zero-order valence-electron chi connectivity index (χ0n) is 15.7. The first-order valence-corrected chi connectivity index (χ1v) is 9.06. The number of anilines is 2. The number of carbonyl (C=O) groups is 3. The van der Waals surface area contributed by atoms with Crippen LogP contribution in [-0.2, 0) is 14.3 Å². The molecule has 0 aliphatic carbocycles. The molecule has 0 radical (unpaired) electrons. The maximum atomic E-state index is 12.1. The van der Waals surface area contributed by atoms with Crippen LogP contribution in [0.2, 0.25) is 5.02 Å². The summed E-state index contributed by atoms with van der Waals surface area (Å²) >= 11 is 5.81. The largest absolute Gasteiger partial charge is 0.462 e. The Kier molecular flexibility index (Phi) is 7.98. The molecule has 0 aromatic heterocycles. The van der Waals surface area contributed by atoms with Gasteiger partial charge in [0.1, 0.15) is 0 Å². The third-order valence-electron chi connectivity index (χ3n) is 3.63. The summed E-state index contributed by atoms with van der Waals surface area (Å²) in [6.45, 7) is 2.12. The molecule has 2 N–H and O–H groups in total. The van der Waals surface area contributed by atoms with Crippen LogP contribution in [0.1, 0.15) is 17.3 Å². The second-order valence-corrected chi connectivity index (χ2v) is 6.51. The predicted molar refractivity (Wildman–Crippen MR) is 109 cm³/mol. The molecule has 28 heavy (non-hydrogen) atoms. The second kappa shape index (κ2) is 10.4. The molecular formula is C20H22ClN3O4. The average molecular weight is 404 g/mol. The van der Waals surface area contributed by atoms with Gasteiger partial charge in [-0.15, -0.1) is 0 Å². The Hall–Kier alpha value is -2.90. The zero-order valence-corrected chi connectivity index (χ0v) is 16.5. The first kappa shape index (κ1) is 21.4. The Morgan fingerprint density at radius 1 is 0.893 bits per heavy atom. The molecule has 148 valence electrons. The number of amides is 2. The molecule has 0 atom stereocenters. The number of nitrogens with one attached hydrogen (secondary N) is 2. The van der Waals surface area contributed by atoms with Crippen LogP contribution >= 0.6 is 11.6 Å². The van der Waals surface area contributed by atoms with Crippen molar-refractivity contribution in [3.63, 3.8) is 0 Å². The van der Waals surface area contributed by atoms with Crippen molar-refractivity contribution in [1.82, 2.24) is 4.90 Å². The number of esters is 1. The van der Waals surface area contributed by atoms with E-state index < -0.39 is 5.97 Å². The summed E-state index contributed by atoms with van der Waals surface area (Å²) in [5.41, 5.74) is 1.60. The van der Waals surface area contributed by atoms with Crippen LogP contribution in [0.4, 0.5) is 11.4 Å². The van der Waals surface area contributed by atoms with Gasteiger partial charge < -0.3 is 15.4 Å². The zero-order chi connectivity index (χ0) is 20.5. The van der Waals surface area contributed by atoms with Crippen LogP contribution in [0.25, 0.3) is 0 Å². The van der Waals surface area contributed by atoms with Crippen molar-refractivity contribution in [3.8, 4) is 0 Å². The maximum Gasteiger partial charge on any atom is 0.338 e. The lowest BCUT2D eigenvalue weighted by Crippen LogP contribution is -2.36. The van der Waals surface area contributed by atoms with Crippen LogP contribution in [0.5, 0.6) is 0 Å². The third-order valence-corrected chi connectivity index (χ3v) is 3.89. The fourth-order valence-corrected chi connectivity index (χ4v) is 2.51. The minimum absolute atomic E-state index is 0.0354. The number of carbonyl (C=O) groups excluding carboxylic acids is 3. The van der Waals surface area contributed by atoms with E-state index in [1.165, 1.54) is 0 Å². The Balaban J connectivity index is 1.79. The molecular weight excluding hydrogens is 382 g/mol. The number of halogens is 1. The summed E-state index contributed by atoms with van der Waals surface area (Å²) in [6.07, 6.45) is 0. The molecule has 2 aromatic rings. The van der Waals surface area contributed by atoms with Gasteiger partial charge in [-0.1, -0.05) is 11.6 Å². The summed E-state index contributed by atoms with van der Waals surface area (Å²) in [6, 6.07) is 13.2. The van der Waals surface area contributed by atoms with Gasteiger partial charge in [-0.05, 0) is 62.5 Å². The SMILES string of the molecule is CCOC(=O)c1ccc(NC(=O)CN(C)CC(=O)Nc2ccc(Cl)cc2)cc1. The van der Waals surface area contributed by atoms with E-state index in [0.717, 1.165) is 0 Å². The highest BCUT2D eigenvalue weighted by Crippen LogP contribution is 2.13. The Morgan fingerprint density at radius 2 is 1.36 bits per heavy atom. The lowest BCUT2D eigenvalue weighted by molar-refractivity contribution is -0.119. The quantitative estimate of drug-likeness (QED) is 0.661. The van der Waals surface area contributed by atoms with Gasteiger partial charge in [-0.2, -0.15) is 0 Å². The third kappa shape index (κ3) is 7.02. The minimum atomic E-state index is -0.410. The Morgan fingerprint density at radius 3 is 1.82 bits per heavy atom. The molecule has 0 bridgehead atoms. The van der Waals surface area contributed by atoms with E-state index in [1.54, 1.807) is 67.4 Å². The van der Waals surface area contributed by atoms with E-state index in [-0.39, 0.29) is 24.9 Å². The number of hydrogen-bond donors (Lipinski definition) is 2. The van der Waals surface area contributed by atoms with Crippen molar-refractivity contribution in [3.05, 3.63) is 59.1 Å². The van der Waals surface area contributed by atoms with E-state index in [4.69, 9.17) is 16.3 Å². The van der Waals surface area contributed by atoms with Gasteiger partial charge in [0.15, 0.2) is 0 Å². The summed E-state index contributed by atoms with van der Waals surface area (Å²) in [5, 5.41) is 6.04. The predicted octanol–water partition coefficient (Wildman–Crippen LogP) is 3.03. The first-order chi connectivity index (χ1) is 13.4. The summed E-state index contributed by atoms with van der Waals surface area (Å²) in [5.74, 6) is -0.922. The number of benzene rings is 2. The molecule has 2 amide bonds. The molecule has 0 unspecified atom stereocenters. The lowest BCUT2D eigenvalue weighted by Gasteiger charge is -2.16. The summed E-state index contributed by atoms with van der Waals surface area (Å²) < 4.78 is 4.91. The molecule has 2 rings (SSSR count). The summed E-state index contributed by atoms with van der Waals surface area (Å²) in [4.78, 5) is 37.4. The van der Waals surface area contributed by atoms with Gasteiger partial charge in [0, 0.05) is 16.4 Å². The first-order valence-electron chi connectivity index (χ1n) is 8.68. The molecule has 0 aliphatic heterocycles. The number of likely N-dealkylation sites (N-methyl/N-ethyl adjacent to an activating group) is 1. The smallest absolute Gasteiger partial charge is 0.338 e. The minimum Gasteiger partial charge on any atom is -0.462 e. The maximum absolute atomic E-state index is 12.1. The van der Waals surface area contributed by atoms with Gasteiger partial charge in [0.25, 0.3) is 0 Å². The van der Waals surface area contributed by atoms with Crippen molar-refractivity contribution >= 4 is 40.8 Å². The van der Waals surface area contributed by atoms with E-state index in [2.05, 4.69) is 10.6 Å². The molecule has 0 spiro atoms.